The molecule has 0 aliphatic carbocycles. The second-order valence-corrected chi connectivity index (χ2v) is 6.10. The first-order valence-electron chi connectivity index (χ1n) is 7.32. The average molecular weight is 311 g/mol. The minimum Gasteiger partial charge on any atom is -0.287 e. The molecule has 2 heterocycles. The van der Waals surface area contributed by atoms with E-state index >= 15 is 0 Å². The molecule has 0 fully saturated rings. The molecule has 22 heavy (non-hydrogen) atoms. The van der Waals surface area contributed by atoms with Crippen LogP contribution in [0.5, 0.6) is 0 Å². The van der Waals surface area contributed by atoms with Crippen molar-refractivity contribution in [2.75, 3.05) is 5.75 Å². The summed E-state index contributed by atoms with van der Waals surface area (Å²) in [6, 6.07) is 13.3. The minimum atomic E-state index is 0.0254. The molecule has 0 aliphatic heterocycles. The van der Waals surface area contributed by atoms with E-state index < -0.39 is 0 Å². The Hall–Kier alpha value is -2.14. The average Bonchev–Trinajstić information content (AvgIpc) is 2.56. The van der Waals surface area contributed by atoms with Gasteiger partial charge in [0.2, 0.25) is 0 Å². The lowest BCUT2D eigenvalue weighted by Crippen LogP contribution is -2.24. The number of benzene rings is 1. The third-order valence-corrected chi connectivity index (χ3v) is 4.28. The first-order chi connectivity index (χ1) is 10.8. The zero-order valence-electron chi connectivity index (χ0n) is 12.4. The van der Waals surface area contributed by atoms with Gasteiger partial charge in [-0.2, -0.15) is 0 Å². The Morgan fingerprint density at radius 2 is 1.95 bits per heavy atom. The molecule has 0 bridgehead atoms. The van der Waals surface area contributed by atoms with E-state index in [9.17, 15) is 4.79 Å². The first-order valence-corrected chi connectivity index (χ1v) is 8.30. The molecule has 0 saturated heterocycles. The first kappa shape index (κ1) is 14.8. The fraction of sp³-hybridized carbons (Fsp3) is 0.235. The van der Waals surface area contributed by atoms with Crippen LogP contribution in [0.15, 0.2) is 58.6 Å². The van der Waals surface area contributed by atoms with Gasteiger partial charge in [0.05, 0.1) is 10.9 Å². The van der Waals surface area contributed by atoms with Crippen molar-refractivity contribution >= 4 is 22.7 Å². The molecule has 0 aliphatic rings. The van der Waals surface area contributed by atoms with Gasteiger partial charge in [-0.1, -0.05) is 36.9 Å². The summed E-state index contributed by atoms with van der Waals surface area (Å²) < 4.78 is 1.77. The van der Waals surface area contributed by atoms with Crippen LogP contribution in [0.2, 0.25) is 0 Å². The normalized spacial score (nSPS) is 11.0. The van der Waals surface area contributed by atoms with Gasteiger partial charge in [-0.3, -0.25) is 14.3 Å². The van der Waals surface area contributed by atoms with Crippen LogP contribution in [0.1, 0.15) is 12.6 Å². The Morgan fingerprint density at radius 1 is 1.14 bits per heavy atom. The van der Waals surface area contributed by atoms with Crippen molar-refractivity contribution in [1.82, 2.24) is 14.5 Å². The fourth-order valence-electron chi connectivity index (χ4n) is 2.36. The van der Waals surface area contributed by atoms with Gasteiger partial charge in [-0.05, 0) is 30.0 Å². The summed E-state index contributed by atoms with van der Waals surface area (Å²) in [6.45, 7) is 2.66. The van der Waals surface area contributed by atoms with Gasteiger partial charge in [-0.25, -0.2) is 4.98 Å². The van der Waals surface area contributed by atoms with E-state index in [0.717, 1.165) is 28.5 Å². The molecule has 1 aromatic carbocycles. The summed E-state index contributed by atoms with van der Waals surface area (Å²) in [5.41, 5.74) is 1.77. The second kappa shape index (κ2) is 6.75. The lowest BCUT2D eigenvalue weighted by Gasteiger charge is -2.12. The number of aromatic nitrogens is 3. The number of para-hydroxylation sites is 1. The highest BCUT2D eigenvalue weighted by Gasteiger charge is 2.10. The standard InChI is InChI=1S/C17H17N3OS/c1-2-22-17-19-15-9-4-3-8-14(15)16(21)20(17)12-10-13-7-5-6-11-18-13/h3-9,11H,2,10,12H2,1H3. The van der Waals surface area contributed by atoms with Crippen LogP contribution < -0.4 is 5.56 Å². The molecule has 0 spiro atoms. The van der Waals surface area contributed by atoms with Crippen LogP contribution >= 0.6 is 11.8 Å². The molecule has 112 valence electrons. The highest BCUT2D eigenvalue weighted by Crippen LogP contribution is 2.17. The summed E-state index contributed by atoms with van der Waals surface area (Å²) in [7, 11) is 0. The van der Waals surface area contributed by atoms with Crippen LogP contribution in [-0.2, 0) is 13.0 Å². The molecule has 0 saturated carbocycles. The number of pyridine rings is 1. The largest absolute Gasteiger partial charge is 0.287 e. The van der Waals surface area contributed by atoms with Gasteiger partial charge in [0, 0.05) is 24.9 Å². The van der Waals surface area contributed by atoms with E-state index in [4.69, 9.17) is 0 Å². The molecule has 0 unspecified atom stereocenters. The highest BCUT2D eigenvalue weighted by atomic mass is 32.2. The SMILES string of the molecule is CCSc1nc2ccccc2c(=O)n1CCc1ccccn1. The van der Waals surface area contributed by atoms with Crippen molar-refractivity contribution in [3.8, 4) is 0 Å². The summed E-state index contributed by atoms with van der Waals surface area (Å²) >= 11 is 1.60. The van der Waals surface area contributed by atoms with Gasteiger partial charge in [0.1, 0.15) is 0 Å². The van der Waals surface area contributed by atoms with Crippen LogP contribution in [0.3, 0.4) is 0 Å². The molecule has 3 aromatic rings. The maximum atomic E-state index is 12.7. The minimum absolute atomic E-state index is 0.0254. The van der Waals surface area contributed by atoms with E-state index in [1.54, 1.807) is 22.5 Å². The number of thioether (sulfide) groups is 1. The lowest BCUT2D eigenvalue weighted by molar-refractivity contribution is 0.590. The van der Waals surface area contributed by atoms with E-state index in [2.05, 4.69) is 16.9 Å². The third-order valence-electron chi connectivity index (χ3n) is 3.42. The summed E-state index contributed by atoms with van der Waals surface area (Å²) in [5, 5.41) is 1.45. The Balaban J connectivity index is 2.00. The van der Waals surface area contributed by atoms with Crippen LogP contribution in [0, 0.1) is 0 Å². The zero-order valence-corrected chi connectivity index (χ0v) is 13.2. The van der Waals surface area contributed by atoms with Crippen LogP contribution in [0.25, 0.3) is 10.9 Å². The van der Waals surface area contributed by atoms with Gasteiger partial charge in [0.25, 0.3) is 5.56 Å². The maximum Gasteiger partial charge on any atom is 0.262 e. The number of fused-ring (bicyclic) bond motifs is 1. The van der Waals surface area contributed by atoms with Crippen molar-refractivity contribution in [3.05, 3.63) is 64.7 Å². The quantitative estimate of drug-likeness (QED) is 0.536. The molecular formula is C17H17N3OS. The van der Waals surface area contributed by atoms with Gasteiger partial charge < -0.3 is 0 Å². The summed E-state index contributed by atoms with van der Waals surface area (Å²) in [5.74, 6) is 0.883. The molecule has 3 rings (SSSR count). The van der Waals surface area contributed by atoms with Gasteiger partial charge in [0.15, 0.2) is 5.16 Å². The number of hydrogen-bond donors (Lipinski definition) is 0. The monoisotopic (exact) mass is 311 g/mol. The van der Waals surface area contributed by atoms with Crippen molar-refractivity contribution in [1.29, 1.82) is 0 Å². The van der Waals surface area contributed by atoms with E-state index in [1.807, 2.05) is 42.5 Å². The summed E-state index contributed by atoms with van der Waals surface area (Å²) in [4.78, 5) is 21.7. The Labute approximate surface area is 133 Å². The molecule has 0 N–H and O–H groups in total. The predicted molar refractivity (Wildman–Crippen MR) is 90.3 cm³/mol. The van der Waals surface area contributed by atoms with Crippen LogP contribution in [0.4, 0.5) is 0 Å². The van der Waals surface area contributed by atoms with Crippen molar-refractivity contribution < 1.29 is 0 Å². The van der Waals surface area contributed by atoms with E-state index in [1.165, 1.54) is 0 Å². The number of aryl methyl sites for hydroxylation is 1. The Morgan fingerprint density at radius 3 is 2.73 bits per heavy atom. The topological polar surface area (TPSA) is 47.8 Å². The summed E-state index contributed by atoms with van der Waals surface area (Å²) in [6.07, 6.45) is 2.50. The van der Waals surface area contributed by atoms with E-state index in [0.29, 0.717) is 11.9 Å². The molecule has 2 aromatic heterocycles. The van der Waals surface area contributed by atoms with Crippen LogP contribution in [-0.4, -0.2) is 20.3 Å². The zero-order chi connectivity index (χ0) is 15.4. The van der Waals surface area contributed by atoms with Gasteiger partial charge >= 0.3 is 0 Å². The molecule has 5 heteroatoms. The van der Waals surface area contributed by atoms with Gasteiger partial charge in [-0.15, -0.1) is 0 Å². The van der Waals surface area contributed by atoms with Crippen molar-refractivity contribution in [3.63, 3.8) is 0 Å². The molecular weight excluding hydrogens is 294 g/mol. The van der Waals surface area contributed by atoms with Crippen molar-refractivity contribution in [2.45, 2.75) is 25.0 Å². The van der Waals surface area contributed by atoms with E-state index in [-0.39, 0.29) is 5.56 Å². The van der Waals surface area contributed by atoms with Crippen molar-refractivity contribution in [2.24, 2.45) is 0 Å². The number of nitrogens with zero attached hydrogens (tertiary/aromatic N) is 3. The Bertz CT molecular complexity index is 830. The second-order valence-electron chi connectivity index (χ2n) is 4.87. The lowest BCUT2D eigenvalue weighted by atomic mass is 10.2. The number of rotatable bonds is 5. The Kier molecular flexibility index (Phi) is 4.53. The molecule has 0 radical (unpaired) electrons. The smallest absolute Gasteiger partial charge is 0.262 e. The fourth-order valence-corrected chi connectivity index (χ4v) is 3.11. The molecule has 0 amide bonds. The third kappa shape index (κ3) is 3.04. The highest BCUT2D eigenvalue weighted by molar-refractivity contribution is 7.99. The molecule has 0 atom stereocenters. The maximum absolute atomic E-state index is 12.7. The molecule has 4 nitrogen and oxygen atoms in total. The number of hydrogen-bond acceptors (Lipinski definition) is 4. The predicted octanol–water partition coefficient (Wildman–Crippen LogP) is 3.15.